The molecule has 0 radical (unpaired) electrons. The van der Waals surface area contributed by atoms with Crippen molar-refractivity contribution in [3.8, 4) is 5.75 Å². The fraction of sp³-hybridized carbons (Fsp3) is 0.316. The van der Waals surface area contributed by atoms with E-state index in [1.165, 1.54) is 37.4 Å². The minimum atomic E-state index is -4.41. The number of ether oxygens (including phenoxy) is 1. The second-order valence-corrected chi connectivity index (χ2v) is 6.42. The van der Waals surface area contributed by atoms with Gasteiger partial charge >= 0.3 is 6.18 Å². The molecule has 1 N–H and O–H groups in total. The number of hydrogen-bond donors (Lipinski definition) is 1. The highest BCUT2D eigenvalue weighted by molar-refractivity contribution is 5.96. The van der Waals surface area contributed by atoms with Gasteiger partial charge in [-0.3, -0.25) is 19.8 Å². The average Bonchev–Trinajstić information content (AvgIpc) is 2.66. The molecule has 0 saturated carbocycles. The molecule has 0 saturated heterocycles. The van der Waals surface area contributed by atoms with Gasteiger partial charge in [0.25, 0.3) is 5.69 Å². The molecule has 0 unspecified atom stereocenters. The Bertz CT molecular complexity index is 885. The lowest BCUT2D eigenvalue weighted by Crippen LogP contribution is -2.39. The summed E-state index contributed by atoms with van der Waals surface area (Å²) in [6, 6.07) is 7.85. The van der Waals surface area contributed by atoms with Gasteiger partial charge in [-0.2, -0.15) is 13.2 Å². The van der Waals surface area contributed by atoms with E-state index < -0.39 is 28.6 Å². The Morgan fingerprint density at radius 1 is 1.24 bits per heavy atom. The third-order valence-corrected chi connectivity index (χ3v) is 4.41. The van der Waals surface area contributed by atoms with Crippen LogP contribution in [0.25, 0.3) is 0 Å². The number of alkyl halides is 3. The molecule has 0 bridgehead atoms. The number of nitro groups is 1. The standard InChI is InChI=1S/C19H20F3N3O4/c1-12(24(2)11-13-4-6-14(7-5-13)19(20,21)22)18(26)23-16-10-15(25(27)28)8-9-17(16)29-3/h4-10,12H,11H2,1-3H3,(H,23,26)/t12-/m0/s1. The second kappa shape index (κ2) is 8.91. The van der Waals surface area contributed by atoms with Crippen molar-refractivity contribution in [2.75, 3.05) is 19.5 Å². The molecular formula is C19H20F3N3O4. The first-order valence-corrected chi connectivity index (χ1v) is 8.52. The molecular weight excluding hydrogens is 391 g/mol. The largest absolute Gasteiger partial charge is 0.495 e. The van der Waals surface area contributed by atoms with Gasteiger partial charge in [-0.25, -0.2) is 0 Å². The van der Waals surface area contributed by atoms with Gasteiger partial charge in [0.2, 0.25) is 5.91 Å². The molecule has 2 aromatic carbocycles. The number of nitrogens with zero attached hydrogens (tertiary/aromatic N) is 2. The van der Waals surface area contributed by atoms with E-state index in [-0.39, 0.29) is 23.7 Å². The Morgan fingerprint density at radius 2 is 1.86 bits per heavy atom. The Balaban J connectivity index is 2.08. The Kier molecular flexibility index (Phi) is 6.80. The van der Waals surface area contributed by atoms with E-state index in [0.29, 0.717) is 5.56 Å². The molecule has 2 rings (SSSR count). The lowest BCUT2D eigenvalue weighted by molar-refractivity contribution is -0.384. The van der Waals surface area contributed by atoms with Crippen molar-refractivity contribution in [2.24, 2.45) is 0 Å². The average molecular weight is 411 g/mol. The number of nitrogens with one attached hydrogen (secondary N) is 1. The molecule has 1 atom stereocenters. The number of rotatable bonds is 7. The molecule has 1 amide bonds. The first-order valence-electron chi connectivity index (χ1n) is 8.52. The van der Waals surface area contributed by atoms with E-state index in [1.54, 1.807) is 18.9 Å². The van der Waals surface area contributed by atoms with Crippen LogP contribution in [0.4, 0.5) is 24.5 Å². The Labute approximate surface area is 165 Å². The number of benzene rings is 2. The maximum absolute atomic E-state index is 12.6. The van der Waals surface area contributed by atoms with Crippen molar-refractivity contribution in [3.05, 3.63) is 63.7 Å². The molecule has 0 aromatic heterocycles. The maximum Gasteiger partial charge on any atom is 0.416 e. The van der Waals surface area contributed by atoms with Crippen molar-refractivity contribution < 1.29 is 27.6 Å². The van der Waals surface area contributed by atoms with Gasteiger partial charge in [0, 0.05) is 18.7 Å². The van der Waals surface area contributed by atoms with Gasteiger partial charge in [0.1, 0.15) is 5.75 Å². The van der Waals surface area contributed by atoms with Crippen LogP contribution in [0, 0.1) is 10.1 Å². The monoisotopic (exact) mass is 411 g/mol. The van der Waals surface area contributed by atoms with Crippen molar-refractivity contribution in [2.45, 2.75) is 25.7 Å². The van der Waals surface area contributed by atoms with Gasteiger partial charge in [-0.1, -0.05) is 12.1 Å². The smallest absolute Gasteiger partial charge is 0.416 e. The van der Waals surface area contributed by atoms with Gasteiger partial charge in [0.05, 0.1) is 29.3 Å². The number of amides is 1. The number of hydrogen-bond acceptors (Lipinski definition) is 5. The minimum absolute atomic E-state index is 0.154. The summed E-state index contributed by atoms with van der Waals surface area (Å²) in [5.74, 6) is -0.181. The number of likely N-dealkylation sites (N-methyl/N-ethyl adjacent to an activating group) is 1. The molecule has 2 aromatic rings. The molecule has 0 heterocycles. The lowest BCUT2D eigenvalue weighted by atomic mass is 10.1. The normalized spacial score (nSPS) is 12.5. The molecule has 0 spiro atoms. The molecule has 0 aliphatic rings. The topological polar surface area (TPSA) is 84.7 Å². The van der Waals surface area contributed by atoms with Gasteiger partial charge in [-0.05, 0) is 37.7 Å². The summed E-state index contributed by atoms with van der Waals surface area (Å²) in [4.78, 5) is 24.5. The second-order valence-electron chi connectivity index (χ2n) is 6.42. The Hall–Kier alpha value is -3.14. The van der Waals surface area contributed by atoms with E-state index in [2.05, 4.69) is 5.32 Å². The zero-order valence-electron chi connectivity index (χ0n) is 16.0. The van der Waals surface area contributed by atoms with Gasteiger partial charge < -0.3 is 10.1 Å². The SMILES string of the molecule is COc1ccc([N+](=O)[O-])cc1NC(=O)[C@H](C)N(C)Cc1ccc(C(F)(F)F)cc1. The summed E-state index contributed by atoms with van der Waals surface area (Å²) in [6.45, 7) is 1.85. The van der Waals surface area contributed by atoms with Crippen LogP contribution in [0.3, 0.4) is 0 Å². The van der Waals surface area contributed by atoms with Gasteiger partial charge in [0.15, 0.2) is 0 Å². The lowest BCUT2D eigenvalue weighted by Gasteiger charge is -2.24. The number of anilines is 1. The third-order valence-electron chi connectivity index (χ3n) is 4.41. The summed E-state index contributed by atoms with van der Waals surface area (Å²) in [5, 5.41) is 13.5. The quantitative estimate of drug-likeness (QED) is 0.548. The predicted octanol–water partition coefficient (Wildman–Crippen LogP) is 4.08. The highest BCUT2D eigenvalue weighted by Crippen LogP contribution is 2.30. The zero-order chi connectivity index (χ0) is 21.8. The fourth-order valence-corrected chi connectivity index (χ4v) is 2.57. The number of carbonyl (C=O) groups is 1. The number of non-ortho nitro benzene ring substituents is 1. The molecule has 0 aliphatic heterocycles. The van der Waals surface area contributed by atoms with Crippen LogP contribution < -0.4 is 10.1 Å². The molecule has 0 fully saturated rings. The molecule has 10 heteroatoms. The van der Waals surface area contributed by atoms with Crippen molar-refractivity contribution in [1.29, 1.82) is 0 Å². The number of halogens is 3. The minimum Gasteiger partial charge on any atom is -0.495 e. The van der Waals surface area contributed by atoms with Crippen LogP contribution in [-0.4, -0.2) is 35.9 Å². The highest BCUT2D eigenvalue weighted by atomic mass is 19.4. The van der Waals surface area contributed by atoms with Gasteiger partial charge in [-0.15, -0.1) is 0 Å². The van der Waals surface area contributed by atoms with Crippen LogP contribution in [-0.2, 0) is 17.5 Å². The van der Waals surface area contributed by atoms with E-state index in [9.17, 15) is 28.1 Å². The van der Waals surface area contributed by atoms with E-state index in [4.69, 9.17) is 4.74 Å². The van der Waals surface area contributed by atoms with Crippen LogP contribution in [0.2, 0.25) is 0 Å². The molecule has 29 heavy (non-hydrogen) atoms. The number of nitro benzene ring substituents is 1. The van der Waals surface area contributed by atoms with E-state index >= 15 is 0 Å². The maximum atomic E-state index is 12.6. The first-order chi connectivity index (χ1) is 13.5. The highest BCUT2D eigenvalue weighted by Gasteiger charge is 2.30. The molecule has 7 nitrogen and oxygen atoms in total. The van der Waals surface area contributed by atoms with E-state index in [0.717, 1.165) is 12.1 Å². The summed E-state index contributed by atoms with van der Waals surface area (Å²) >= 11 is 0. The van der Waals surface area contributed by atoms with E-state index in [1.807, 2.05) is 0 Å². The van der Waals surface area contributed by atoms with Crippen LogP contribution >= 0.6 is 0 Å². The third kappa shape index (κ3) is 5.67. The number of carbonyl (C=O) groups excluding carboxylic acids is 1. The van der Waals surface area contributed by atoms with Crippen LogP contribution in [0.1, 0.15) is 18.1 Å². The summed E-state index contributed by atoms with van der Waals surface area (Å²) in [5.41, 5.74) is -0.186. The van der Waals surface area contributed by atoms with Crippen LogP contribution in [0.15, 0.2) is 42.5 Å². The fourth-order valence-electron chi connectivity index (χ4n) is 2.57. The van der Waals surface area contributed by atoms with Crippen molar-refractivity contribution >= 4 is 17.3 Å². The molecule has 156 valence electrons. The van der Waals surface area contributed by atoms with Crippen LogP contribution in [0.5, 0.6) is 5.75 Å². The summed E-state index contributed by atoms with van der Waals surface area (Å²) < 4.78 is 43.1. The summed E-state index contributed by atoms with van der Waals surface area (Å²) in [7, 11) is 3.02. The molecule has 0 aliphatic carbocycles. The number of methoxy groups -OCH3 is 1. The zero-order valence-corrected chi connectivity index (χ0v) is 16.0. The first kappa shape index (κ1) is 22.2. The van der Waals surface area contributed by atoms with Crippen molar-refractivity contribution in [1.82, 2.24) is 4.90 Å². The summed E-state index contributed by atoms with van der Waals surface area (Å²) in [6.07, 6.45) is -4.41. The van der Waals surface area contributed by atoms with Crippen molar-refractivity contribution in [3.63, 3.8) is 0 Å². The predicted molar refractivity (Wildman–Crippen MR) is 101 cm³/mol. The Morgan fingerprint density at radius 3 is 2.38 bits per heavy atom.